The molecule has 2 unspecified atom stereocenters. The first-order valence-corrected chi connectivity index (χ1v) is 6.93. The SMILES string of the molecule is CCCCOCCOC(C)CC(C)(C#N)NCC. The average Bonchev–Trinajstić information content (AvgIpc) is 2.34. The van der Waals surface area contributed by atoms with Crippen LogP contribution in [-0.4, -0.2) is 38.0 Å². The molecule has 106 valence electrons. The molecule has 0 saturated carbocycles. The molecule has 1 N–H and O–H groups in total. The molecule has 0 aromatic carbocycles. The molecule has 0 spiro atoms. The summed E-state index contributed by atoms with van der Waals surface area (Å²) in [5, 5.41) is 12.3. The van der Waals surface area contributed by atoms with Crippen LogP contribution in [-0.2, 0) is 9.47 Å². The van der Waals surface area contributed by atoms with Crippen molar-refractivity contribution < 1.29 is 9.47 Å². The summed E-state index contributed by atoms with van der Waals surface area (Å²) in [7, 11) is 0. The highest BCUT2D eigenvalue weighted by Crippen LogP contribution is 2.13. The third kappa shape index (κ3) is 8.46. The Hall–Kier alpha value is -0.630. The maximum Gasteiger partial charge on any atom is 0.106 e. The van der Waals surface area contributed by atoms with E-state index in [9.17, 15) is 0 Å². The quantitative estimate of drug-likeness (QED) is 0.577. The number of ether oxygens (including phenoxy) is 2. The molecule has 0 aliphatic rings. The fourth-order valence-electron chi connectivity index (χ4n) is 1.84. The Morgan fingerprint density at radius 2 is 2.00 bits per heavy atom. The number of unbranched alkanes of at least 4 members (excludes halogenated alkanes) is 1. The second-order valence-electron chi connectivity index (χ2n) is 4.83. The third-order valence-electron chi connectivity index (χ3n) is 2.78. The molecule has 18 heavy (non-hydrogen) atoms. The summed E-state index contributed by atoms with van der Waals surface area (Å²) < 4.78 is 11.1. The van der Waals surface area contributed by atoms with Crippen LogP contribution < -0.4 is 5.32 Å². The Morgan fingerprint density at radius 3 is 2.56 bits per heavy atom. The normalized spacial score (nSPS) is 15.9. The summed E-state index contributed by atoms with van der Waals surface area (Å²) in [6.07, 6.45) is 3.00. The molecule has 0 amide bonds. The van der Waals surface area contributed by atoms with Gasteiger partial charge in [0.25, 0.3) is 0 Å². The fourth-order valence-corrected chi connectivity index (χ4v) is 1.84. The van der Waals surface area contributed by atoms with Crippen molar-refractivity contribution in [2.75, 3.05) is 26.4 Å². The van der Waals surface area contributed by atoms with E-state index in [0.717, 1.165) is 26.0 Å². The van der Waals surface area contributed by atoms with Crippen LogP contribution in [0.15, 0.2) is 0 Å². The average molecular weight is 256 g/mol. The second-order valence-corrected chi connectivity index (χ2v) is 4.83. The maximum absolute atomic E-state index is 9.14. The van der Waals surface area contributed by atoms with Crippen LogP contribution in [0.3, 0.4) is 0 Å². The lowest BCUT2D eigenvalue weighted by Gasteiger charge is -2.26. The smallest absolute Gasteiger partial charge is 0.106 e. The summed E-state index contributed by atoms with van der Waals surface area (Å²) in [5.41, 5.74) is -0.503. The van der Waals surface area contributed by atoms with Crippen LogP contribution in [0.1, 0.15) is 47.0 Å². The van der Waals surface area contributed by atoms with Crippen molar-refractivity contribution in [2.45, 2.75) is 58.6 Å². The number of nitrogens with one attached hydrogen (secondary N) is 1. The van der Waals surface area contributed by atoms with E-state index in [-0.39, 0.29) is 6.10 Å². The van der Waals surface area contributed by atoms with Gasteiger partial charge < -0.3 is 9.47 Å². The maximum atomic E-state index is 9.14. The summed E-state index contributed by atoms with van der Waals surface area (Å²) in [6, 6.07) is 2.31. The summed E-state index contributed by atoms with van der Waals surface area (Å²) in [6.45, 7) is 10.9. The Labute approximate surface area is 112 Å². The van der Waals surface area contributed by atoms with Crippen molar-refractivity contribution in [1.29, 1.82) is 5.26 Å². The van der Waals surface area contributed by atoms with E-state index in [1.54, 1.807) is 0 Å². The van der Waals surface area contributed by atoms with Crippen LogP contribution in [0.5, 0.6) is 0 Å². The largest absolute Gasteiger partial charge is 0.379 e. The van der Waals surface area contributed by atoms with E-state index in [1.165, 1.54) is 0 Å². The van der Waals surface area contributed by atoms with Gasteiger partial charge in [0.1, 0.15) is 5.54 Å². The number of hydrogen-bond donors (Lipinski definition) is 1. The fraction of sp³-hybridized carbons (Fsp3) is 0.929. The molecule has 0 bridgehead atoms. The molecule has 0 radical (unpaired) electrons. The topological polar surface area (TPSA) is 54.3 Å². The predicted octanol–water partition coefficient (Wildman–Crippen LogP) is 2.49. The molecule has 4 nitrogen and oxygen atoms in total. The lowest BCUT2D eigenvalue weighted by atomic mass is 9.96. The highest BCUT2D eigenvalue weighted by atomic mass is 16.5. The van der Waals surface area contributed by atoms with Gasteiger partial charge in [-0.2, -0.15) is 5.26 Å². The molecule has 0 aliphatic heterocycles. The lowest BCUT2D eigenvalue weighted by Crippen LogP contribution is -2.43. The molecular weight excluding hydrogens is 228 g/mol. The third-order valence-corrected chi connectivity index (χ3v) is 2.78. The van der Waals surface area contributed by atoms with E-state index in [0.29, 0.717) is 19.6 Å². The minimum Gasteiger partial charge on any atom is -0.379 e. The summed E-state index contributed by atoms with van der Waals surface area (Å²) >= 11 is 0. The number of hydrogen-bond acceptors (Lipinski definition) is 4. The zero-order valence-electron chi connectivity index (χ0n) is 12.3. The molecule has 2 atom stereocenters. The lowest BCUT2D eigenvalue weighted by molar-refractivity contribution is 0.00214. The Kier molecular flexibility index (Phi) is 9.95. The molecule has 0 saturated heterocycles. The number of nitrogens with zero attached hydrogens (tertiary/aromatic N) is 1. The van der Waals surface area contributed by atoms with Gasteiger partial charge in [0.05, 0.1) is 25.4 Å². The molecule has 0 aromatic heterocycles. The summed E-state index contributed by atoms with van der Waals surface area (Å²) in [5.74, 6) is 0. The van der Waals surface area contributed by atoms with Crippen molar-refractivity contribution in [3.8, 4) is 6.07 Å². The van der Waals surface area contributed by atoms with E-state index >= 15 is 0 Å². The molecule has 0 aliphatic carbocycles. The van der Waals surface area contributed by atoms with Crippen LogP contribution >= 0.6 is 0 Å². The monoisotopic (exact) mass is 256 g/mol. The first-order chi connectivity index (χ1) is 8.58. The van der Waals surface area contributed by atoms with Crippen molar-refractivity contribution >= 4 is 0 Å². The number of rotatable bonds is 11. The minimum absolute atomic E-state index is 0.0588. The van der Waals surface area contributed by atoms with Crippen LogP contribution in [0.25, 0.3) is 0 Å². The van der Waals surface area contributed by atoms with Gasteiger partial charge in [0.15, 0.2) is 0 Å². The Bertz CT molecular complexity index is 240. The van der Waals surface area contributed by atoms with Gasteiger partial charge >= 0.3 is 0 Å². The van der Waals surface area contributed by atoms with Crippen LogP contribution in [0.2, 0.25) is 0 Å². The van der Waals surface area contributed by atoms with Gasteiger partial charge in [-0.3, -0.25) is 5.32 Å². The molecule has 0 fully saturated rings. The van der Waals surface area contributed by atoms with Crippen molar-refractivity contribution in [3.05, 3.63) is 0 Å². The molecule has 0 aromatic rings. The predicted molar refractivity (Wildman–Crippen MR) is 73.5 cm³/mol. The van der Waals surface area contributed by atoms with Gasteiger partial charge in [-0.05, 0) is 26.8 Å². The van der Waals surface area contributed by atoms with Gasteiger partial charge in [0, 0.05) is 13.0 Å². The zero-order chi connectivity index (χ0) is 13.9. The minimum atomic E-state index is -0.503. The molecular formula is C14H28N2O2. The van der Waals surface area contributed by atoms with Crippen LogP contribution in [0, 0.1) is 11.3 Å². The molecule has 0 heterocycles. The van der Waals surface area contributed by atoms with E-state index in [1.807, 2.05) is 20.8 Å². The molecule has 0 rings (SSSR count). The zero-order valence-corrected chi connectivity index (χ0v) is 12.3. The Balaban J connectivity index is 3.70. The van der Waals surface area contributed by atoms with E-state index in [4.69, 9.17) is 14.7 Å². The molecule has 4 heteroatoms. The van der Waals surface area contributed by atoms with Crippen LogP contribution in [0.4, 0.5) is 0 Å². The van der Waals surface area contributed by atoms with Crippen molar-refractivity contribution in [3.63, 3.8) is 0 Å². The van der Waals surface area contributed by atoms with Gasteiger partial charge in [-0.25, -0.2) is 0 Å². The van der Waals surface area contributed by atoms with E-state index < -0.39 is 5.54 Å². The van der Waals surface area contributed by atoms with Gasteiger partial charge in [0.2, 0.25) is 0 Å². The first-order valence-electron chi connectivity index (χ1n) is 6.93. The van der Waals surface area contributed by atoms with Crippen molar-refractivity contribution in [2.24, 2.45) is 0 Å². The Morgan fingerprint density at radius 1 is 1.28 bits per heavy atom. The number of nitriles is 1. The van der Waals surface area contributed by atoms with E-state index in [2.05, 4.69) is 18.3 Å². The van der Waals surface area contributed by atoms with Gasteiger partial charge in [-0.1, -0.05) is 20.3 Å². The van der Waals surface area contributed by atoms with Crippen molar-refractivity contribution in [1.82, 2.24) is 5.32 Å². The highest BCUT2D eigenvalue weighted by molar-refractivity contribution is 5.04. The standard InChI is InChI=1S/C14H28N2O2/c1-5-7-8-17-9-10-18-13(3)11-14(4,12-15)16-6-2/h13,16H,5-11H2,1-4H3. The first kappa shape index (κ1) is 17.4. The summed E-state index contributed by atoms with van der Waals surface area (Å²) in [4.78, 5) is 0. The highest BCUT2D eigenvalue weighted by Gasteiger charge is 2.25. The second kappa shape index (κ2) is 10.3. The van der Waals surface area contributed by atoms with Gasteiger partial charge in [-0.15, -0.1) is 0 Å².